The Kier molecular flexibility index (Phi) is 3.89. The van der Waals surface area contributed by atoms with Crippen molar-refractivity contribution in [2.24, 2.45) is 0 Å². The predicted molar refractivity (Wildman–Crippen MR) is 110 cm³/mol. The monoisotopic (exact) mass is 395 g/mol. The molecule has 0 radical (unpaired) electrons. The number of carbonyl (C=O) groups excluding carboxylic acids is 1. The highest BCUT2D eigenvalue weighted by Crippen LogP contribution is 2.43. The number of aromatic hydroxyl groups is 1. The van der Waals surface area contributed by atoms with Gasteiger partial charge in [0.25, 0.3) is 0 Å². The first kappa shape index (κ1) is 17.7. The largest absolute Gasteiger partial charge is 0.502 e. The number of hydrogen-bond acceptors (Lipinski definition) is 6. The molecule has 0 spiro atoms. The Balaban J connectivity index is 1.83. The first-order valence-corrected chi connectivity index (χ1v) is 9.13. The third-order valence-electron chi connectivity index (χ3n) is 5.08. The van der Waals surface area contributed by atoms with Gasteiger partial charge < -0.3 is 5.11 Å². The fraction of sp³-hybridized carbons (Fsp3) is 0. The highest BCUT2D eigenvalue weighted by Gasteiger charge is 2.32. The number of nitro groups is 1. The van der Waals surface area contributed by atoms with Crippen molar-refractivity contribution in [2.75, 3.05) is 0 Å². The smallest absolute Gasteiger partial charge is 0.311 e. The van der Waals surface area contributed by atoms with Crippen LogP contribution >= 0.6 is 0 Å². The lowest BCUT2D eigenvalue weighted by atomic mass is 9.96. The molecule has 1 aliphatic rings. The van der Waals surface area contributed by atoms with Crippen LogP contribution in [0.2, 0.25) is 0 Å². The highest BCUT2D eigenvalue weighted by molar-refractivity contribution is 6.24. The molecular formula is C23H13N3O4. The number of nitro benzene ring substituents is 1. The van der Waals surface area contributed by atoms with Gasteiger partial charge in [-0.3, -0.25) is 19.9 Å². The van der Waals surface area contributed by atoms with Crippen LogP contribution in [0.5, 0.6) is 5.75 Å². The lowest BCUT2D eigenvalue weighted by molar-refractivity contribution is -0.385. The van der Waals surface area contributed by atoms with Crippen LogP contribution in [0.25, 0.3) is 33.8 Å². The lowest BCUT2D eigenvalue weighted by Gasteiger charge is -2.11. The van der Waals surface area contributed by atoms with E-state index < -0.39 is 16.4 Å². The summed E-state index contributed by atoms with van der Waals surface area (Å²) in [5.74, 6) is -0.625. The quantitative estimate of drug-likeness (QED) is 0.352. The molecule has 7 heteroatoms. The van der Waals surface area contributed by atoms with Crippen molar-refractivity contribution >= 4 is 11.5 Å². The van der Waals surface area contributed by atoms with Gasteiger partial charge in [-0.15, -0.1) is 0 Å². The van der Waals surface area contributed by atoms with Gasteiger partial charge in [0.05, 0.1) is 27.6 Å². The van der Waals surface area contributed by atoms with E-state index in [1.165, 1.54) is 12.1 Å². The number of phenolic OH excluding ortho intramolecular Hbond substituents is 1. The molecule has 30 heavy (non-hydrogen) atoms. The van der Waals surface area contributed by atoms with Crippen LogP contribution < -0.4 is 0 Å². The summed E-state index contributed by atoms with van der Waals surface area (Å²) in [4.78, 5) is 32.9. The minimum Gasteiger partial charge on any atom is -0.502 e. The molecule has 2 heterocycles. The molecular weight excluding hydrogens is 382 g/mol. The summed E-state index contributed by atoms with van der Waals surface area (Å²) in [5, 5.41) is 21.2. The third kappa shape index (κ3) is 2.64. The molecule has 2 aromatic carbocycles. The van der Waals surface area contributed by atoms with Crippen molar-refractivity contribution < 1.29 is 14.8 Å². The zero-order valence-corrected chi connectivity index (χ0v) is 15.4. The number of pyridine rings is 2. The Hall–Kier alpha value is -4.39. The van der Waals surface area contributed by atoms with E-state index in [0.29, 0.717) is 44.9 Å². The Morgan fingerprint density at radius 3 is 2.37 bits per heavy atom. The van der Waals surface area contributed by atoms with E-state index in [0.717, 1.165) is 0 Å². The summed E-state index contributed by atoms with van der Waals surface area (Å²) >= 11 is 0. The maximum Gasteiger partial charge on any atom is 0.311 e. The number of benzene rings is 2. The summed E-state index contributed by atoms with van der Waals surface area (Å²) in [6.45, 7) is 0. The average molecular weight is 395 g/mol. The van der Waals surface area contributed by atoms with Gasteiger partial charge in [-0.05, 0) is 35.4 Å². The molecule has 0 saturated carbocycles. The van der Waals surface area contributed by atoms with Crippen molar-refractivity contribution in [1.82, 2.24) is 9.97 Å². The van der Waals surface area contributed by atoms with Gasteiger partial charge in [-0.1, -0.05) is 36.4 Å². The molecule has 0 amide bonds. The number of rotatable bonds is 3. The Labute approximate surface area is 170 Å². The van der Waals surface area contributed by atoms with Gasteiger partial charge >= 0.3 is 5.69 Å². The molecule has 144 valence electrons. The number of phenols is 1. The van der Waals surface area contributed by atoms with E-state index in [2.05, 4.69) is 4.98 Å². The van der Waals surface area contributed by atoms with Gasteiger partial charge in [-0.2, -0.15) is 0 Å². The fourth-order valence-corrected chi connectivity index (χ4v) is 3.70. The normalized spacial score (nSPS) is 11.8. The van der Waals surface area contributed by atoms with Crippen molar-refractivity contribution in [2.45, 2.75) is 0 Å². The SMILES string of the molecule is O=C1c2ccccc2-c2nc(-c3ccccn3)cc(-c3ccc(O)c([N+](=O)[O-])c3)c21. The molecule has 2 aromatic heterocycles. The fourth-order valence-electron chi connectivity index (χ4n) is 3.70. The number of ketones is 1. The number of hydrogen-bond donors (Lipinski definition) is 1. The summed E-state index contributed by atoms with van der Waals surface area (Å²) in [7, 11) is 0. The molecule has 0 bridgehead atoms. The van der Waals surface area contributed by atoms with Crippen molar-refractivity contribution in [1.29, 1.82) is 0 Å². The van der Waals surface area contributed by atoms with Crippen LogP contribution in [-0.4, -0.2) is 25.8 Å². The number of nitrogens with zero attached hydrogens (tertiary/aromatic N) is 3. The zero-order chi connectivity index (χ0) is 20.8. The van der Waals surface area contributed by atoms with Gasteiger partial charge in [0.1, 0.15) is 0 Å². The van der Waals surface area contributed by atoms with Crippen LogP contribution in [0.3, 0.4) is 0 Å². The first-order valence-electron chi connectivity index (χ1n) is 9.13. The van der Waals surface area contributed by atoms with Crippen LogP contribution in [0.15, 0.2) is 72.9 Å². The third-order valence-corrected chi connectivity index (χ3v) is 5.08. The van der Waals surface area contributed by atoms with Crippen LogP contribution in [-0.2, 0) is 0 Å². The molecule has 0 fully saturated rings. The van der Waals surface area contributed by atoms with Crippen LogP contribution in [0, 0.1) is 10.1 Å². The highest BCUT2D eigenvalue weighted by atomic mass is 16.6. The minimum absolute atomic E-state index is 0.189. The van der Waals surface area contributed by atoms with Crippen molar-refractivity contribution in [3.05, 3.63) is 94.2 Å². The Bertz CT molecular complexity index is 1350. The molecule has 1 aliphatic carbocycles. The Morgan fingerprint density at radius 2 is 1.63 bits per heavy atom. The summed E-state index contributed by atoms with van der Waals surface area (Å²) in [5.41, 5.74) is 3.83. The van der Waals surface area contributed by atoms with E-state index in [9.17, 15) is 20.0 Å². The molecule has 0 saturated heterocycles. The lowest BCUT2D eigenvalue weighted by Crippen LogP contribution is -2.01. The molecule has 0 unspecified atom stereocenters. The van der Waals surface area contributed by atoms with Crippen molar-refractivity contribution in [3.8, 4) is 39.5 Å². The number of aromatic nitrogens is 2. The molecule has 7 nitrogen and oxygen atoms in total. The topological polar surface area (TPSA) is 106 Å². The molecule has 0 aliphatic heterocycles. The van der Waals surface area contributed by atoms with Gasteiger partial charge in [-0.25, -0.2) is 4.98 Å². The van der Waals surface area contributed by atoms with E-state index in [4.69, 9.17) is 4.98 Å². The second-order valence-electron chi connectivity index (χ2n) is 6.83. The molecule has 0 atom stereocenters. The van der Waals surface area contributed by atoms with Gasteiger partial charge in [0.2, 0.25) is 0 Å². The van der Waals surface area contributed by atoms with E-state index in [-0.39, 0.29) is 5.78 Å². The number of carbonyl (C=O) groups is 1. The van der Waals surface area contributed by atoms with E-state index in [1.807, 2.05) is 18.2 Å². The maximum absolute atomic E-state index is 13.2. The molecule has 1 N–H and O–H groups in total. The summed E-state index contributed by atoms with van der Waals surface area (Å²) < 4.78 is 0. The van der Waals surface area contributed by atoms with Crippen LogP contribution in [0.4, 0.5) is 5.69 Å². The van der Waals surface area contributed by atoms with Gasteiger partial charge in [0, 0.05) is 23.4 Å². The second kappa shape index (κ2) is 6.59. The summed E-state index contributed by atoms with van der Waals surface area (Å²) in [6, 6.07) is 18.4. The standard InChI is InChI=1S/C23H13N3O4/c27-20-9-8-13(11-19(20)26(29)30)16-12-18(17-7-3-4-10-24-17)25-22-14-5-1-2-6-15(14)23(28)21(16)22/h1-12,27H. The van der Waals surface area contributed by atoms with Crippen LogP contribution in [0.1, 0.15) is 15.9 Å². The average Bonchev–Trinajstić information content (AvgIpc) is 3.06. The molecule has 4 aromatic rings. The minimum atomic E-state index is -0.656. The zero-order valence-electron chi connectivity index (χ0n) is 15.4. The van der Waals surface area contributed by atoms with Gasteiger partial charge in [0.15, 0.2) is 11.5 Å². The predicted octanol–water partition coefficient (Wildman–Crippen LogP) is 4.64. The second-order valence-corrected chi connectivity index (χ2v) is 6.83. The first-order chi connectivity index (χ1) is 14.5. The summed E-state index contributed by atoms with van der Waals surface area (Å²) in [6.07, 6.45) is 1.65. The molecule has 5 rings (SSSR count). The van der Waals surface area contributed by atoms with E-state index >= 15 is 0 Å². The Morgan fingerprint density at radius 1 is 0.867 bits per heavy atom. The number of fused-ring (bicyclic) bond motifs is 3. The maximum atomic E-state index is 13.2. The van der Waals surface area contributed by atoms with E-state index in [1.54, 1.807) is 42.6 Å². The van der Waals surface area contributed by atoms with Crippen molar-refractivity contribution in [3.63, 3.8) is 0 Å².